The van der Waals surface area contributed by atoms with E-state index in [2.05, 4.69) is 5.32 Å². The van der Waals surface area contributed by atoms with E-state index in [1.54, 1.807) is 26.0 Å². The molecule has 0 saturated carbocycles. The third-order valence-electron chi connectivity index (χ3n) is 4.47. The van der Waals surface area contributed by atoms with E-state index in [0.717, 1.165) is 4.31 Å². The number of carbonyl (C=O) groups excluding carboxylic acids is 2. The zero-order valence-corrected chi connectivity index (χ0v) is 17.7. The summed E-state index contributed by atoms with van der Waals surface area (Å²) in [6.45, 7) is 3.88. The average molecular weight is 434 g/mol. The molecule has 0 heterocycles. The highest BCUT2D eigenvalue weighted by Crippen LogP contribution is 2.31. The summed E-state index contributed by atoms with van der Waals surface area (Å²) in [6.07, 6.45) is 0. The molecule has 0 bridgehead atoms. The first-order valence-electron chi connectivity index (χ1n) is 8.83. The van der Waals surface area contributed by atoms with E-state index in [0.29, 0.717) is 11.1 Å². The summed E-state index contributed by atoms with van der Waals surface area (Å²) in [5.74, 6) is -2.20. The van der Waals surface area contributed by atoms with Crippen molar-refractivity contribution in [2.24, 2.45) is 0 Å². The van der Waals surface area contributed by atoms with Gasteiger partial charge in [-0.1, -0.05) is 12.1 Å². The van der Waals surface area contributed by atoms with E-state index in [4.69, 9.17) is 9.84 Å². The molecule has 0 atom stereocenters. The van der Waals surface area contributed by atoms with Crippen molar-refractivity contribution >= 4 is 33.6 Å². The molecule has 10 heteroatoms. The number of amides is 1. The zero-order valence-electron chi connectivity index (χ0n) is 16.9. The number of anilines is 1. The van der Waals surface area contributed by atoms with Crippen LogP contribution in [0.2, 0.25) is 0 Å². The van der Waals surface area contributed by atoms with E-state index >= 15 is 0 Å². The van der Waals surface area contributed by atoms with Crippen LogP contribution in [0.1, 0.15) is 28.4 Å². The Balaban J connectivity index is 2.48. The molecule has 30 heavy (non-hydrogen) atoms. The second-order valence-corrected chi connectivity index (χ2v) is 8.41. The maximum absolute atomic E-state index is 13.3. The normalized spacial score (nSPS) is 10.9. The molecule has 0 aliphatic rings. The van der Waals surface area contributed by atoms with Gasteiger partial charge in [0.2, 0.25) is 0 Å². The smallest absolute Gasteiger partial charge is 0.322 e. The van der Waals surface area contributed by atoms with Gasteiger partial charge in [-0.3, -0.25) is 18.7 Å². The molecule has 0 aliphatic heterocycles. The third kappa shape index (κ3) is 4.77. The zero-order chi connectivity index (χ0) is 22.6. The molecule has 2 rings (SSSR count). The third-order valence-corrected chi connectivity index (χ3v) is 6.38. The Morgan fingerprint density at radius 3 is 2.30 bits per heavy atom. The molecule has 0 aliphatic carbocycles. The molecule has 160 valence electrons. The van der Waals surface area contributed by atoms with Crippen LogP contribution in [0.15, 0.2) is 41.3 Å². The Kier molecular flexibility index (Phi) is 6.83. The first-order valence-corrected chi connectivity index (χ1v) is 10.3. The Morgan fingerprint density at radius 1 is 1.07 bits per heavy atom. The van der Waals surface area contributed by atoms with Crippen molar-refractivity contribution < 1.29 is 32.6 Å². The van der Waals surface area contributed by atoms with Gasteiger partial charge in [0.15, 0.2) is 0 Å². The summed E-state index contributed by atoms with van der Waals surface area (Å²) in [4.78, 5) is 34.3. The fourth-order valence-electron chi connectivity index (χ4n) is 2.78. The number of sulfonamides is 1. The van der Waals surface area contributed by atoms with Crippen molar-refractivity contribution in [1.29, 1.82) is 0 Å². The molecule has 2 N–H and O–H groups in total. The van der Waals surface area contributed by atoms with Gasteiger partial charge < -0.3 is 15.2 Å². The number of carboxylic acid groups (broad SMARTS) is 1. The Bertz CT molecular complexity index is 1110. The summed E-state index contributed by atoms with van der Waals surface area (Å²) in [6, 6.07) is 8.69. The van der Waals surface area contributed by atoms with Crippen molar-refractivity contribution in [3.05, 3.63) is 53.1 Å². The minimum absolute atomic E-state index is 0.00994. The molecule has 2 aromatic carbocycles. The second-order valence-electron chi connectivity index (χ2n) is 6.47. The Labute approximate surface area is 174 Å². The van der Waals surface area contributed by atoms with Crippen LogP contribution in [0.3, 0.4) is 0 Å². The summed E-state index contributed by atoms with van der Waals surface area (Å²) in [5.41, 5.74) is 0.984. The number of para-hydroxylation sites is 1. The van der Waals surface area contributed by atoms with Crippen LogP contribution in [0.5, 0.6) is 5.75 Å². The highest BCUT2D eigenvalue weighted by molar-refractivity contribution is 7.92. The predicted molar refractivity (Wildman–Crippen MR) is 109 cm³/mol. The number of hydrogen-bond donors (Lipinski definition) is 2. The van der Waals surface area contributed by atoms with Gasteiger partial charge >= 0.3 is 11.9 Å². The topological polar surface area (TPSA) is 130 Å². The fraction of sp³-hybridized carbons (Fsp3) is 0.250. The van der Waals surface area contributed by atoms with Gasteiger partial charge in [0.05, 0.1) is 16.1 Å². The molecular weight excluding hydrogens is 412 g/mol. The lowest BCUT2D eigenvalue weighted by atomic mass is 10.1. The number of nitrogens with one attached hydrogen (secondary N) is 1. The minimum atomic E-state index is -4.08. The Morgan fingerprint density at radius 2 is 1.70 bits per heavy atom. The van der Waals surface area contributed by atoms with Gasteiger partial charge in [-0.2, -0.15) is 0 Å². The molecule has 0 fully saturated rings. The number of carbonyl (C=O) groups is 3. The largest absolute Gasteiger partial charge is 0.480 e. The number of carboxylic acids is 1. The van der Waals surface area contributed by atoms with Crippen LogP contribution in [0.4, 0.5) is 5.69 Å². The van der Waals surface area contributed by atoms with Gasteiger partial charge in [-0.15, -0.1) is 0 Å². The first-order chi connectivity index (χ1) is 14.0. The van der Waals surface area contributed by atoms with Crippen LogP contribution in [-0.2, 0) is 19.6 Å². The lowest BCUT2D eigenvalue weighted by Crippen LogP contribution is -2.33. The molecule has 9 nitrogen and oxygen atoms in total. The van der Waals surface area contributed by atoms with E-state index in [1.165, 1.54) is 38.2 Å². The SMILES string of the molecule is CC(=O)Oc1ccc(S(=O)(=O)N(C)c2ccccc2C(=O)NCC(=O)O)c(C)c1C. The van der Waals surface area contributed by atoms with Gasteiger partial charge in [-0.05, 0) is 49.2 Å². The molecule has 1 amide bonds. The van der Waals surface area contributed by atoms with E-state index in [-0.39, 0.29) is 21.9 Å². The average Bonchev–Trinajstić information content (AvgIpc) is 2.68. The monoisotopic (exact) mass is 434 g/mol. The summed E-state index contributed by atoms with van der Waals surface area (Å²) < 4.78 is 32.6. The lowest BCUT2D eigenvalue weighted by molar-refractivity contribution is -0.136. The lowest BCUT2D eigenvalue weighted by Gasteiger charge is -2.23. The van der Waals surface area contributed by atoms with Crippen molar-refractivity contribution in [2.75, 3.05) is 17.9 Å². The fourth-order valence-corrected chi connectivity index (χ4v) is 4.28. The molecular formula is C20H22N2O7S. The standard InChI is InChI=1S/C20H22N2O7S/c1-12-13(2)18(10-9-17(12)29-14(3)23)30(27,28)22(4)16-8-6-5-7-15(16)20(26)21-11-19(24)25/h5-10H,11H2,1-4H3,(H,21,26)(H,24,25). The highest BCUT2D eigenvalue weighted by Gasteiger charge is 2.28. The Hall–Kier alpha value is -3.40. The molecule has 0 saturated heterocycles. The van der Waals surface area contributed by atoms with Crippen LogP contribution in [0.25, 0.3) is 0 Å². The molecule has 2 aromatic rings. The number of ether oxygens (including phenoxy) is 1. The van der Waals surface area contributed by atoms with Gasteiger partial charge in [0.25, 0.3) is 15.9 Å². The molecule has 0 spiro atoms. The van der Waals surface area contributed by atoms with E-state index in [1.807, 2.05) is 0 Å². The van der Waals surface area contributed by atoms with Gasteiger partial charge in [-0.25, -0.2) is 8.42 Å². The number of nitrogens with zero attached hydrogens (tertiary/aromatic N) is 1. The number of benzene rings is 2. The minimum Gasteiger partial charge on any atom is -0.480 e. The summed E-state index contributed by atoms with van der Waals surface area (Å²) in [7, 11) is -2.78. The van der Waals surface area contributed by atoms with Gasteiger partial charge in [0, 0.05) is 14.0 Å². The quantitative estimate of drug-likeness (QED) is 0.502. The first kappa shape index (κ1) is 22.9. The predicted octanol–water partition coefficient (Wildman–Crippen LogP) is 1.87. The van der Waals surface area contributed by atoms with Crippen LogP contribution >= 0.6 is 0 Å². The van der Waals surface area contributed by atoms with Crippen LogP contribution in [0, 0.1) is 13.8 Å². The number of rotatable bonds is 7. The second kappa shape index (κ2) is 8.95. The number of aliphatic carboxylic acids is 1. The molecule has 0 radical (unpaired) electrons. The van der Waals surface area contributed by atoms with Crippen LogP contribution in [-0.4, -0.2) is 45.0 Å². The molecule has 0 aromatic heterocycles. The maximum atomic E-state index is 13.3. The van der Waals surface area contributed by atoms with Crippen LogP contribution < -0.4 is 14.4 Å². The van der Waals surface area contributed by atoms with Crippen molar-refractivity contribution in [2.45, 2.75) is 25.7 Å². The highest BCUT2D eigenvalue weighted by atomic mass is 32.2. The summed E-state index contributed by atoms with van der Waals surface area (Å²) in [5, 5.41) is 11.0. The van der Waals surface area contributed by atoms with E-state index < -0.39 is 34.4 Å². The van der Waals surface area contributed by atoms with Crippen molar-refractivity contribution in [3.8, 4) is 5.75 Å². The van der Waals surface area contributed by atoms with E-state index in [9.17, 15) is 22.8 Å². The number of esters is 1. The van der Waals surface area contributed by atoms with Crippen molar-refractivity contribution in [1.82, 2.24) is 5.32 Å². The number of hydrogen-bond acceptors (Lipinski definition) is 6. The maximum Gasteiger partial charge on any atom is 0.322 e. The van der Waals surface area contributed by atoms with Crippen molar-refractivity contribution in [3.63, 3.8) is 0 Å². The summed E-state index contributed by atoms with van der Waals surface area (Å²) >= 11 is 0. The van der Waals surface area contributed by atoms with Gasteiger partial charge in [0.1, 0.15) is 12.3 Å². The molecule has 0 unspecified atom stereocenters.